The molecule has 148 valence electrons. The molecule has 1 aromatic heterocycles. The number of aryl methyl sites for hydroxylation is 1. The van der Waals surface area contributed by atoms with E-state index in [0.29, 0.717) is 34.9 Å². The van der Waals surface area contributed by atoms with E-state index in [1.54, 1.807) is 42.5 Å². The molecule has 1 amide bonds. The molecule has 3 aromatic rings. The lowest BCUT2D eigenvalue weighted by Gasteiger charge is -2.08. The van der Waals surface area contributed by atoms with Gasteiger partial charge < -0.3 is 5.32 Å². The number of benzene rings is 2. The molecule has 0 aliphatic rings. The number of amides is 1. The summed E-state index contributed by atoms with van der Waals surface area (Å²) >= 11 is 5.91. The second kappa shape index (κ2) is 9.30. The van der Waals surface area contributed by atoms with Crippen LogP contribution in [-0.4, -0.2) is 21.5 Å². The third kappa shape index (κ3) is 5.62. The first-order valence-corrected chi connectivity index (χ1v) is 9.55. The van der Waals surface area contributed by atoms with Crippen LogP contribution in [0.25, 0.3) is 11.3 Å². The van der Waals surface area contributed by atoms with E-state index in [0.717, 1.165) is 5.56 Å². The molecule has 0 unspecified atom stereocenters. The van der Waals surface area contributed by atoms with Crippen LogP contribution in [-0.2, 0) is 11.3 Å². The van der Waals surface area contributed by atoms with Crippen LogP contribution in [0.2, 0.25) is 5.02 Å². The van der Waals surface area contributed by atoms with Crippen molar-refractivity contribution in [2.45, 2.75) is 26.3 Å². The highest BCUT2D eigenvalue weighted by Gasteiger charge is 2.07. The van der Waals surface area contributed by atoms with Crippen molar-refractivity contribution in [2.75, 3.05) is 5.32 Å². The summed E-state index contributed by atoms with van der Waals surface area (Å²) in [5.74, 6) is -0.250. The number of anilines is 1. The van der Waals surface area contributed by atoms with Gasteiger partial charge in [0, 0.05) is 40.9 Å². The minimum atomic E-state index is -0.225. The Morgan fingerprint density at radius 2 is 1.83 bits per heavy atom. The minimum Gasteiger partial charge on any atom is -0.326 e. The summed E-state index contributed by atoms with van der Waals surface area (Å²) in [6.07, 6.45) is 0.679. The predicted octanol–water partition coefficient (Wildman–Crippen LogP) is 4.19. The van der Waals surface area contributed by atoms with Crippen molar-refractivity contribution in [3.63, 3.8) is 0 Å². The SMILES string of the molecule is CC(=O)c1cccc(NC(=O)CCCn2nc(-c3ccc(Cl)cc3)ccc2=O)c1. The summed E-state index contributed by atoms with van der Waals surface area (Å²) < 4.78 is 1.35. The number of hydrogen-bond donors (Lipinski definition) is 1. The molecule has 0 atom stereocenters. The van der Waals surface area contributed by atoms with E-state index in [2.05, 4.69) is 10.4 Å². The monoisotopic (exact) mass is 409 g/mol. The summed E-state index contributed by atoms with van der Waals surface area (Å²) in [5, 5.41) is 7.77. The number of rotatable bonds is 7. The zero-order valence-corrected chi connectivity index (χ0v) is 16.6. The fraction of sp³-hybridized carbons (Fsp3) is 0.182. The minimum absolute atomic E-state index is 0.0629. The van der Waals surface area contributed by atoms with Crippen molar-refractivity contribution in [3.8, 4) is 11.3 Å². The Bertz CT molecular complexity index is 1090. The maximum Gasteiger partial charge on any atom is 0.266 e. The third-order valence-corrected chi connectivity index (χ3v) is 4.59. The standard InChI is InChI=1S/C22H20ClN3O3/c1-15(27)17-4-2-5-19(14-17)24-21(28)6-3-13-26-22(29)12-11-20(25-26)16-7-9-18(23)10-8-16/h2,4-5,7-12,14H,3,6,13H2,1H3,(H,24,28). The zero-order valence-electron chi connectivity index (χ0n) is 15.9. The lowest BCUT2D eigenvalue weighted by atomic mass is 10.1. The van der Waals surface area contributed by atoms with Gasteiger partial charge in [0.15, 0.2) is 5.78 Å². The fourth-order valence-electron chi connectivity index (χ4n) is 2.81. The zero-order chi connectivity index (χ0) is 20.8. The van der Waals surface area contributed by atoms with Crippen LogP contribution in [0, 0.1) is 0 Å². The Balaban J connectivity index is 1.60. The Labute approximate surface area is 173 Å². The smallest absolute Gasteiger partial charge is 0.266 e. The van der Waals surface area contributed by atoms with E-state index in [1.807, 2.05) is 12.1 Å². The number of Topliss-reactive ketones (excluding diaryl/α,β-unsaturated/α-hetero) is 1. The van der Waals surface area contributed by atoms with Gasteiger partial charge in [-0.2, -0.15) is 5.10 Å². The van der Waals surface area contributed by atoms with Gasteiger partial charge in [-0.3, -0.25) is 14.4 Å². The molecule has 0 aliphatic heterocycles. The molecule has 0 bridgehead atoms. The molecule has 6 nitrogen and oxygen atoms in total. The van der Waals surface area contributed by atoms with Gasteiger partial charge in [0.05, 0.1) is 5.69 Å². The number of ketones is 1. The first kappa shape index (κ1) is 20.5. The Morgan fingerprint density at radius 1 is 1.07 bits per heavy atom. The Hall–Kier alpha value is -3.25. The van der Waals surface area contributed by atoms with Crippen LogP contribution >= 0.6 is 11.6 Å². The maximum atomic E-state index is 12.2. The van der Waals surface area contributed by atoms with Crippen LogP contribution in [0.3, 0.4) is 0 Å². The van der Waals surface area contributed by atoms with Crippen LogP contribution in [0.1, 0.15) is 30.1 Å². The molecule has 29 heavy (non-hydrogen) atoms. The molecular weight excluding hydrogens is 390 g/mol. The Morgan fingerprint density at radius 3 is 2.55 bits per heavy atom. The highest BCUT2D eigenvalue weighted by atomic mass is 35.5. The molecule has 7 heteroatoms. The third-order valence-electron chi connectivity index (χ3n) is 4.33. The number of carbonyl (C=O) groups excluding carboxylic acids is 2. The molecule has 1 heterocycles. The fourth-order valence-corrected chi connectivity index (χ4v) is 2.94. The molecular formula is C22H20ClN3O3. The van der Waals surface area contributed by atoms with Crippen molar-refractivity contribution in [2.24, 2.45) is 0 Å². The van der Waals surface area contributed by atoms with Crippen LogP contribution < -0.4 is 10.9 Å². The van der Waals surface area contributed by atoms with Crippen molar-refractivity contribution in [1.82, 2.24) is 9.78 Å². The number of carbonyl (C=O) groups is 2. The molecule has 0 saturated heterocycles. The largest absolute Gasteiger partial charge is 0.326 e. The molecule has 0 saturated carbocycles. The van der Waals surface area contributed by atoms with Gasteiger partial charge in [0.1, 0.15) is 0 Å². The summed E-state index contributed by atoms with van der Waals surface area (Å²) in [6.45, 7) is 1.80. The average Bonchev–Trinajstić information content (AvgIpc) is 2.70. The first-order valence-electron chi connectivity index (χ1n) is 9.17. The number of hydrogen-bond acceptors (Lipinski definition) is 4. The van der Waals surface area contributed by atoms with E-state index in [4.69, 9.17) is 11.6 Å². The predicted molar refractivity (Wildman–Crippen MR) is 113 cm³/mol. The van der Waals surface area contributed by atoms with Gasteiger partial charge in [0.25, 0.3) is 5.56 Å². The van der Waals surface area contributed by atoms with Gasteiger partial charge in [0.2, 0.25) is 5.91 Å². The van der Waals surface area contributed by atoms with E-state index in [-0.39, 0.29) is 23.7 Å². The molecule has 0 radical (unpaired) electrons. The highest BCUT2D eigenvalue weighted by molar-refractivity contribution is 6.30. The van der Waals surface area contributed by atoms with Crippen molar-refractivity contribution >= 4 is 29.0 Å². The average molecular weight is 410 g/mol. The van der Waals surface area contributed by atoms with E-state index in [1.165, 1.54) is 17.7 Å². The molecule has 0 aliphatic carbocycles. The topological polar surface area (TPSA) is 81.1 Å². The summed E-state index contributed by atoms with van der Waals surface area (Å²) in [6, 6.07) is 17.1. The van der Waals surface area contributed by atoms with E-state index in [9.17, 15) is 14.4 Å². The van der Waals surface area contributed by atoms with Gasteiger partial charge in [-0.25, -0.2) is 4.68 Å². The number of aromatic nitrogens is 2. The van der Waals surface area contributed by atoms with Crippen molar-refractivity contribution in [1.29, 1.82) is 0 Å². The number of halogens is 1. The van der Waals surface area contributed by atoms with Crippen LogP contribution in [0.15, 0.2) is 65.5 Å². The van der Waals surface area contributed by atoms with Gasteiger partial charge >= 0.3 is 0 Å². The van der Waals surface area contributed by atoms with Crippen molar-refractivity contribution < 1.29 is 9.59 Å². The molecule has 2 aromatic carbocycles. The van der Waals surface area contributed by atoms with Gasteiger partial charge in [-0.05, 0) is 43.7 Å². The Kier molecular flexibility index (Phi) is 6.57. The number of nitrogens with one attached hydrogen (secondary N) is 1. The van der Waals surface area contributed by atoms with Gasteiger partial charge in [-0.1, -0.05) is 35.9 Å². The van der Waals surface area contributed by atoms with Crippen molar-refractivity contribution in [3.05, 3.63) is 81.6 Å². The lowest BCUT2D eigenvalue weighted by Crippen LogP contribution is -2.23. The van der Waals surface area contributed by atoms with E-state index >= 15 is 0 Å². The van der Waals surface area contributed by atoms with Crippen LogP contribution in [0.5, 0.6) is 0 Å². The first-order chi connectivity index (χ1) is 13.9. The molecule has 1 N–H and O–H groups in total. The maximum absolute atomic E-state index is 12.2. The van der Waals surface area contributed by atoms with E-state index < -0.39 is 0 Å². The second-order valence-electron chi connectivity index (χ2n) is 6.58. The quantitative estimate of drug-likeness (QED) is 0.593. The normalized spacial score (nSPS) is 10.6. The molecule has 0 fully saturated rings. The van der Waals surface area contributed by atoms with Gasteiger partial charge in [-0.15, -0.1) is 0 Å². The summed E-state index contributed by atoms with van der Waals surface area (Å²) in [5.41, 5.74) is 2.40. The molecule has 3 rings (SSSR count). The summed E-state index contributed by atoms with van der Waals surface area (Å²) in [7, 11) is 0. The molecule has 0 spiro atoms. The summed E-state index contributed by atoms with van der Waals surface area (Å²) in [4.78, 5) is 35.7. The lowest BCUT2D eigenvalue weighted by molar-refractivity contribution is -0.116. The van der Waals surface area contributed by atoms with Crippen LogP contribution in [0.4, 0.5) is 5.69 Å². The second-order valence-corrected chi connectivity index (χ2v) is 7.01. The number of nitrogens with zero attached hydrogens (tertiary/aromatic N) is 2. The highest BCUT2D eigenvalue weighted by Crippen LogP contribution is 2.18.